The van der Waals surface area contributed by atoms with Gasteiger partial charge in [-0.25, -0.2) is 4.98 Å². The van der Waals surface area contributed by atoms with Gasteiger partial charge in [0.1, 0.15) is 10.6 Å². The van der Waals surface area contributed by atoms with E-state index in [1.807, 2.05) is 20.8 Å². The van der Waals surface area contributed by atoms with Gasteiger partial charge >= 0.3 is 0 Å². The number of phenolic OH excluding ortho intramolecular Hbond substituents is 1. The molecule has 1 aromatic heterocycles. The third-order valence-corrected chi connectivity index (χ3v) is 4.65. The number of likely N-dealkylation sites (N-methyl/N-ethyl adjacent to an activating group) is 1. The number of aliphatic hydroxyl groups excluding tert-OH is 1. The molecule has 0 aliphatic carbocycles. The van der Waals surface area contributed by atoms with Gasteiger partial charge in [0, 0.05) is 6.54 Å². The van der Waals surface area contributed by atoms with Crippen molar-refractivity contribution in [2.75, 3.05) is 13.1 Å². The smallest absolute Gasteiger partial charge is 0.265 e. The highest BCUT2D eigenvalue weighted by atomic mass is 32.1. The first-order valence-corrected chi connectivity index (χ1v) is 8.50. The number of thiazole rings is 1. The number of hydrogen-bond donors (Lipinski definition) is 2. The van der Waals surface area contributed by atoms with E-state index in [1.54, 1.807) is 23.1 Å². The van der Waals surface area contributed by atoms with Crippen molar-refractivity contribution in [2.45, 2.75) is 33.3 Å². The number of amides is 1. The van der Waals surface area contributed by atoms with Gasteiger partial charge in [-0.05, 0) is 38.0 Å². The number of benzene rings is 1. The van der Waals surface area contributed by atoms with E-state index in [2.05, 4.69) is 4.98 Å². The van der Waals surface area contributed by atoms with Crippen LogP contribution in [0.15, 0.2) is 24.3 Å². The molecule has 2 N–H and O–H groups in total. The molecule has 0 aliphatic rings. The summed E-state index contributed by atoms with van der Waals surface area (Å²) in [7, 11) is 0. The number of carbonyl (C=O) groups excluding carboxylic acids is 1. The molecule has 0 saturated carbocycles. The third-order valence-electron chi connectivity index (χ3n) is 3.65. The fourth-order valence-electron chi connectivity index (χ4n) is 2.42. The van der Waals surface area contributed by atoms with Crippen LogP contribution in [0.1, 0.15) is 45.9 Å². The average molecular weight is 334 g/mol. The molecule has 0 saturated heterocycles. The van der Waals surface area contributed by atoms with Crippen molar-refractivity contribution >= 4 is 17.2 Å². The second-order valence-electron chi connectivity index (χ2n) is 5.32. The van der Waals surface area contributed by atoms with Crippen LogP contribution < -0.4 is 0 Å². The Morgan fingerprint density at radius 1 is 1.39 bits per heavy atom. The first-order chi connectivity index (χ1) is 11.0. The number of aromatic nitrogens is 1. The van der Waals surface area contributed by atoms with Gasteiger partial charge < -0.3 is 15.1 Å². The van der Waals surface area contributed by atoms with E-state index in [9.17, 15) is 15.0 Å². The van der Waals surface area contributed by atoms with Crippen LogP contribution in [0.3, 0.4) is 0 Å². The summed E-state index contributed by atoms with van der Waals surface area (Å²) in [6.07, 6.45) is -0.136. The molecule has 1 unspecified atom stereocenters. The Balaban J connectivity index is 2.17. The Labute approximate surface area is 140 Å². The second kappa shape index (κ2) is 7.57. The Bertz CT molecular complexity index is 684. The van der Waals surface area contributed by atoms with Crippen molar-refractivity contribution < 1.29 is 15.0 Å². The van der Waals surface area contributed by atoms with Crippen LogP contribution in [0.4, 0.5) is 0 Å². The molecule has 2 rings (SSSR count). The summed E-state index contributed by atoms with van der Waals surface area (Å²) in [6.45, 7) is 6.42. The summed E-state index contributed by atoms with van der Waals surface area (Å²) in [5, 5.41) is 20.7. The summed E-state index contributed by atoms with van der Waals surface area (Å²) in [5.41, 5.74) is 1.40. The molecule has 1 amide bonds. The van der Waals surface area contributed by atoms with Gasteiger partial charge in [0.05, 0.1) is 23.4 Å². The predicted molar refractivity (Wildman–Crippen MR) is 90.9 cm³/mol. The van der Waals surface area contributed by atoms with Crippen molar-refractivity contribution in [3.8, 4) is 5.75 Å². The summed E-state index contributed by atoms with van der Waals surface area (Å²) < 4.78 is 0. The Hall–Kier alpha value is -1.92. The van der Waals surface area contributed by atoms with E-state index in [4.69, 9.17) is 0 Å². The molecule has 0 bridgehead atoms. The van der Waals surface area contributed by atoms with Gasteiger partial charge in [-0.15, -0.1) is 11.3 Å². The lowest BCUT2D eigenvalue weighted by molar-refractivity contribution is 0.0638. The molecular formula is C17H22N2O3S. The van der Waals surface area contributed by atoms with E-state index in [-0.39, 0.29) is 18.2 Å². The van der Waals surface area contributed by atoms with Gasteiger partial charge in [-0.2, -0.15) is 0 Å². The fraction of sp³-hybridized carbons (Fsp3) is 0.412. The molecule has 1 aromatic carbocycles. The topological polar surface area (TPSA) is 73.7 Å². The lowest BCUT2D eigenvalue weighted by Crippen LogP contribution is -2.34. The van der Waals surface area contributed by atoms with E-state index < -0.39 is 6.10 Å². The van der Waals surface area contributed by atoms with Gasteiger partial charge in [-0.3, -0.25) is 4.79 Å². The standard InChI is InChI=1S/C17H22N2O3S/c1-4-14-16(23-11(3)18-14)17(22)19(5-2)10-15(21)12-7-6-8-13(20)9-12/h6-9,15,20-21H,4-5,10H2,1-3H3. The molecular weight excluding hydrogens is 312 g/mol. The zero-order valence-electron chi connectivity index (χ0n) is 13.6. The number of aliphatic hydroxyl groups is 1. The Kier molecular flexibility index (Phi) is 5.74. The van der Waals surface area contributed by atoms with Crippen molar-refractivity contribution in [3.05, 3.63) is 45.4 Å². The molecule has 0 radical (unpaired) electrons. The summed E-state index contributed by atoms with van der Waals surface area (Å²) in [4.78, 5) is 19.4. The van der Waals surface area contributed by atoms with Crippen molar-refractivity contribution in [1.82, 2.24) is 9.88 Å². The van der Waals surface area contributed by atoms with Gasteiger partial charge in [0.25, 0.3) is 5.91 Å². The van der Waals surface area contributed by atoms with Crippen LogP contribution in [0.2, 0.25) is 0 Å². The zero-order chi connectivity index (χ0) is 17.0. The fourth-order valence-corrected chi connectivity index (χ4v) is 3.40. The minimum atomic E-state index is -0.843. The Morgan fingerprint density at radius 3 is 2.74 bits per heavy atom. The second-order valence-corrected chi connectivity index (χ2v) is 6.52. The summed E-state index contributed by atoms with van der Waals surface area (Å²) >= 11 is 1.39. The van der Waals surface area contributed by atoms with Crippen LogP contribution in [-0.4, -0.2) is 39.1 Å². The van der Waals surface area contributed by atoms with E-state index in [0.29, 0.717) is 23.4 Å². The Morgan fingerprint density at radius 2 is 2.13 bits per heavy atom. The molecule has 6 heteroatoms. The van der Waals surface area contributed by atoms with Crippen molar-refractivity contribution in [3.63, 3.8) is 0 Å². The maximum Gasteiger partial charge on any atom is 0.265 e. The van der Waals surface area contributed by atoms with Crippen LogP contribution in [0.25, 0.3) is 0 Å². The normalized spacial score (nSPS) is 12.2. The van der Waals surface area contributed by atoms with Crippen LogP contribution in [-0.2, 0) is 6.42 Å². The van der Waals surface area contributed by atoms with Crippen LogP contribution in [0.5, 0.6) is 5.75 Å². The highest BCUT2D eigenvalue weighted by Crippen LogP contribution is 2.23. The first kappa shape index (κ1) is 17.4. The molecule has 5 nitrogen and oxygen atoms in total. The molecule has 0 spiro atoms. The molecule has 2 aromatic rings. The van der Waals surface area contributed by atoms with E-state index in [0.717, 1.165) is 10.7 Å². The van der Waals surface area contributed by atoms with Crippen LogP contribution in [0, 0.1) is 6.92 Å². The monoisotopic (exact) mass is 334 g/mol. The molecule has 0 fully saturated rings. The molecule has 0 aliphatic heterocycles. The minimum Gasteiger partial charge on any atom is -0.508 e. The van der Waals surface area contributed by atoms with Crippen LogP contribution >= 0.6 is 11.3 Å². The molecule has 23 heavy (non-hydrogen) atoms. The number of phenols is 1. The molecule has 124 valence electrons. The van der Waals surface area contributed by atoms with E-state index in [1.165, 1.54) is 17.4 Å². The average Bonchev–Trinajstić information content (AvgIpc) is 2.92. The predicted octanol–water partition coefficient (Wildman–Crippen LogP) is 2.92. The van der Waals surface area contributed by atoms with E-state index >= 15 is 0 Å². The zero-order valence-corrected chi connectivity index (χ0v) is 14.4. The SMILES string of the molecule is CCc1nc(C)sc1C(=O)N(CC)CC(O)c1cccc(O)c1. The number of carbonyl (C=O) groups is 1. The van der Waals surface area contributed by atoms with Gasteiger partial charge in [0.15, 0.2) is 0 Å². The number of rotatable bonds is 6. The number of aromatic hydroxyl groups is 1. The van der Waals surface area contributed by atoms with Gasteiger partial charge in [-0.1, -0.05) is 19.1 Å². The number of aryl methyl sites for hydroxylation is 2. The maximum atomic E-state index is 12.7. The highest BCUT2D eigenvalue weighted by molar-refractivity contribution is 7.13. The first-order valence-electron chi connectivity index (χ1n) is 7.68. The quantitative estimate of drug-likeness (QED) is 0.852. The highest BCUT2D eigenvalue weighted by Gasteiger charge is 2.23. The van der Waals surface area contributed by atoms with Crippen molar-refractivity contribution in [1.29, 1.82) is 0 Å². The maximum absolute atomic E-state index is 12.7. The largest absolute Gasteiger partial charge is 0.508 e. The summed E-state index contributed by atoms with van der Waals surface area (Å²) in [6, 6.07) is 6.47. The number of nitrogens with zero attached hydrogens (tertiary/aromatic N) is 2. The van der Waals surface area contributed by atoms with Crippen molar-refractivity contribution in [2.24, 2.45) is 0 Å². The molecule has 1 atom stereocenters. The lowest BCUT2D eigenvalue weighted by atomic mass is 10.1. The van der Waals surface area contributed by atoms with Gasteiger partial charge in [0.2, 0.25) is 0 Å². The molecule has 1 heterocycles. The lowest BCUT2D eigenvalue weighted by Gasteiger charge is -2.24. The minimum absolute atomic E-state index is 0.0993. The third kappa shape index (κ3) is 4.09. The summed E-state index contributed by atoms with van der Waals surface area (Å²) in [5.74, 6) is -0.00331. The number of hydrogen-bond acceptors (Lipinski definition) is 5.